The van der Waals surface area contributed by atoms with Gasteiger partial charge in [0.25, 0.3) is 5.91 Å². The number of halogens is 1. The van der Waals surface area contributed by atoms with Crippen molar-refractivity contribution in [2.75, 3.05) is 27.2 Å². The summed E-state index contributed by atoms with van der Waals surface area (Å²) < 4.78 is 18.8. The predicted octanol–water partition coefficient (Wildman–Crippen LogP) is 2.06. The smallest absolute Gasteiger partial charge is 0.251 e. The van der Waals surface area contributed by atoms with Crippen molar-refractivity contribution in [1.82, 2.24) is 10.2 Å². The molecule has 0 radical (unpaired) electrons. The van der Waals surface area contributed by atoms with Crippen molar-refractivity contribution < 1.29 is 19.0 Å². The van der Waals surface area contributed by atoms with Crippen LogP contribution in [0.1, 0.15) is 15.9 Å². The van der Waals surface area contributed by atoms with E-state index >= 15 is 0 Å². The summed E-state index contributed by atoms with van der Waals surface area (Å²) in [4.78, 5) is 13.4. The summed E-state index contributed by atoms with van der Waals surface area (Å²) in [5.41, 5.74) is 1.63. The Morgan fingerprint density at radius 3 is 2.56 bits per heavy atom. The summed E-state index contributed by atoms with van der Waals surface area (Å²) in [6.07, 6.45) is -0.741. The van der Waals surface area contributed by atoms with Gasteiger partial charge in [0.1, 0.15) is 12.7 Å². The monoisotopic (exact) mass is 346 g/mol. The van der Waals surface area contributed by atoms with E-state index in [-0.39, 0.29) is 18.3 Å². The third-order valence-electron chi connectivity index (χ3n) is 3.69. The first-order valence-electron chi connectivity index (χ1n) is 8.04. The maximum absolute atomic E-state index is 13.5. The number of nitrogens with zero attached hydrogens (tertiary/aromatic N) is 1. The van der Waals surface area contributed by atoms with E-state index in [0.717, 1.165) is 5.56 Å². The van der Waals surface area contributed by atoms with Crippen LogP contribution in [0.25, 0.3) is 0 Å². The summed E-state index contributed by atoms with van der Waals surface area (Å²) in [6.45, 7) is 1.01. The molecule has 0 aromatic heterocycles. The average Bonchev–Trinajstić information content (AvgIpc) is 2.61. The maximum Gasteiger partial charge on any atom is 0.251 e. The second-order valence-electron chi connectivity index (χ2n) is 5.87. The minimum absolute atomic E-state index is 0.0148. The van der Waals surface area contributed by atoms with Gasteiger partial charge in [-0.05, 0) is 36.9 Å². The van der Waals surface area contributed by atoms with Gasteiger partial charge >= 0.3 is 0 Å². The molecule has 2 aromatic rings. The number of nitrogens with one attached hydrogen (secondary N) is 1. The first-order chi connectivity index (χ1) is 12.0. The first kappa shape index (κ1) is 18.9. The van der Waals surface area contributed by atoms with Crippen molar-refractivity contribution in [3.63, 3.8) is 0 Å². The highest BCUT2D eigenvalue weighted by Gasteiger charge is 2.11. The Hall–Kier alpha value is -2.44. The summed E-state index contributed by atoms with van der Waals surface area (Å²) in [5, 5.41) is 12.6. The van der Waals surface area contributed by atoms with Crippen LogP contribution in [0.3, 0.4) is 0 Å². The van der Waals surface area contributed by atoms with Gasteiger partial charge in [0.2, 0.25) is 0 Å². The van der Waals surface area contributed by atoms with Gasteiger partial charge in [0, 0.05) is 25.7 Å². The summed E-state index contributed by atoms with van der Waals surface area (Å²) in [5.74, 6) is -0.436. The molecular weight excluding hydrogens is 323 g/mol. The number of carbonyl (C=O) groups excluding carboxylic acids is 1. The molecule has 0 aliphatic carbocycles. The summed E-state index contributed by atoms with van der Waals surface area (Å²) in [6, 6.07) is 13.4. The number of para-hydroxylation sites is 1. The van der Waals surface area contributed by atoms with Crippen LogP contribution in [-0.2, 0) is 6.54 Å². The molecule has 1 unspecified atom stereocenters. The third kappa shape index (κ3) is 5.85. The van der Waals surface area contributed by atoms with Gasteiger partial charge in [0.05, 0.1) is 0 Å². The standard InChI is InChI=1S/C19H23FN2O3/c1-21-19(24)15-9-7-14(8-10-15)11-22(2)12-16(23)13-25-18-6-4-3-5-17(18)20/h3-10,16,23H,11-13H2,1-2H3,(H,21,24). The lowest BCUT2D eigenvalue weighted by Gasteiger charge is -2.21. The quantitative estimate of drug-likeness (QED) is 0.768. The predicted molar refractivity (Wildman–Crippen MR) is 94.1 cm³/mol. The molecule has 2 aromatic carbocycles. The highest BCUT2D eigenvalue weighted by molar-refractivity contribution is 5.93. The van der Waals surface area contributed by atoms with Crippen molar-refractivity contribution in [3.8, 4) is 5.75 Å². The number of likely N-dealkylation sites (N-methyl/N-ethyl adjacent to an activating group) is 1. The van der Waals surface area contributed by atoms with Crippen molar-refractivity contribution in [2.45, 2.75) is 12.6 Å². The van der Waals surface area contributed by atoms with Crippen LogP contribution in [0.15, 0.2) is 48.5 Å². The number of amides is 1. The molecule has 1 atom stereocenters. The molecule has 134 valence electrons. The van der Waals surface area contributed by atoms with E-state index in [0.29, 0.717) is 18.7 Å². The number of carbonyl (C=O) groups is 1. The Balaban J connectivity index is 1.80. The number of aliphatic hydroxyl groups excluding tert-OH is 1. The van der Waals surface area contributed by atoms with Gasteiger partial charge in [0.15, 0.2) is 11.6 Å². The fraction of sp³-hybridized carbons (Fsp3) is 0.316. The normalized spacial score (nSPS) is 12.0. The molecule has 0 saturated carbocycles. The van der Waals surface area contributed by atoms with E-state index in [1.54, 1.807) is 31.3 Å². The van der Waals surface area contributed by atoms with Crippen LogP contribution in [0.4, 0.5) is 4.39 Å². The molecule has 5 nitrogen and oxygen atoms in total. The largest absolute Gasteiger partial charge is 0.488 e. The molecule has 25 heavy (non-hydrogen) atoms. The zero-order chi connectivity index (χ0) is 18.2. The Labute approximate surface area is 147 Å². The van der Waals surface area contributed by atoms with Gasteiger partial charge in [-0.3, -0.25) is 9.69 Å². The highest BCUT2D eigenvalue weighted by Crippen LogP contribution is 2.15. The number of benzene rings is 2. The first-order valence-corrected chi connectivity index (χ1v) is 8.04. The molecule has 6 heteroatoms. The maximum atomic E-state index is 13.5. The number of hydrogen-bond donors (Lipinski definition) is 2. The van der Waals surface area contributed by atoms with E-state index < -0.39 is 11.9 Å². The minimum Gasteiger partial charge on any atom is -0.488 e. The molecule has 1 amide bonds. The van der Waals surface area contributed by atoms with E-state index in [1.807, 2.05) is 24.1 Å². The van der Waals surface area contributed by atoms with Gasteiger partial charge in [-0.2, -0.15) is 0 Å². The lowest BCUT2D eigenvalue weighted by Crippen LogP contribution is -2.32. The molecule has 0 heterocycles. The molecule has 2 rings (SSSR count). The van der Waals surface area contributed by atoms with Crippen LogP contribution in [0.5, 0.6) is 5.75 Å². The Kier molecular flexibility index (Phi) is 6.91. The molecular formula is C19H23FN2O3. The fourth-order valence-corrected chi connectivity index (χ4v) is 2.44. The van der Waals surface area contributed by atoms with Crippen molar-refractivity contribution in [2.24, 2.45) is 0 Å². The van der Waals surface area contributed by atoms with Crippen LogP contribution in [0, 0.1) is 5.82 Å². The van der Waals surface area contributed by atoms with Crippen LogP contribution in [-0.4, -0.2) is 49.3 Å². The number of rotatable bonds is 8. The number of ether oxygens (including phenoxy) is 1. The van der Waals surface area contributed by atoms with Gasteiger partial charge in [-0.1, -0.05) is 24.3 Å². The van der Waals surface area contributed by atoms with E-state index in [9.17, 15) is 14.3 Å². The van der Waals surface area contributed by atoms with Crippen LogP contribution in [0.2, 0.25) is 0 Å². The van der Waals surface area contributed by atoms with E-state index in [4.69, 9.17) is 4.74 Å². The third-order valence-corrected chi connectivity index (χ3v) is 3.69. The molecule has 2 N–H and O–H groups in total. The highest BCUT2D eigenvalue weighted by atomic mass is 19.1. The lowest BCUT2D eigenvalue weighted by molar-refractivity contribution is 0.0728. The molecule has 0 aliphatic heterocycles. The van der Waals surface area contributed by atoms with Crippen LogP contribution >= 0.6 is 0 Å². The van der Waals surface area contributed by atoms with Gasteiger partial charge in [-0.25, -0.2) is 4.39 Å². The Bertz CT molecular complexity index is 691. The van der Waals surface area contributed by atoms with Gasteiger partial charge < -0.3 is 15.2 Å². The topological polar surface area (TPSA) is 61.8 Å². The zero-order valence-corrected chi connectivity index (χ0v) is 14.4. The molecule has 0 spiro atoms. The lowest BCUT2D eigenvalue weighted by atomic mass is 10.1. The van der Waals surface area contributed by atoms with E-state index in [1.165, 1.54) is 12.1 Å². The minimum atomic E-state index is -0.741. The second kappa shape index (κ2) is 9.15. The van der Waals surface area contributed by atoms with Crippen molar-refractivity contribution in [3.05, 3.63) is 65.5 Å². The summed E-state index contributed by atoms with van der Waals surface area (Å²) >= 11 is 0. The van der Waals surface area contributed by atoms with E-state index in [2.05, 4.69) is 5.32 Å². The number of hydrogen-bond acceptors (Lipinski definition) is 4. The Morgan fingerprint density at radius 2 is 1.92 bits per heavy atom. The second-order valence-corrected chi connectivity index (χ2v) is 5.87. The van der Waals surface area contributed by atoms with Crippen LogP contribution < -0.4 is 10.1 Å². The molecule has 0 aliphatic rings. The summed E-state index contributed by atoms with van der Waals surface area (Å²) in [7, 11) is 3.47. The molecule has 0 saturated heterocycles. The number of aliphatic hydroxyl groups is 1. The zero-order valence-electron chi connectivity index (χ0n) is 14.4. The Morgan fingerprint density at radius 1 is 1.24 bits per heavy atom. The fourth-order valence-electron chi connectivity index (χ4n) is 2.44. The van der Waals surface area contributed by atoms with Gasteiger partial charge in [-0.15, -0.1) is 0 Å². The SMILES string of the molecule is CNC(=O)c1ccc(CN(C)CC(O)COc2ccccc2F)cc1. The van der Waals surface area contributed by atoms with Crippen molar-refractivity contribution >= 4 is 5.91 Å². The average molecular weight is 346 g/mol. The molecule has 0 bridgehead atoms. The van der Waals surface area contributed by atoms with Crippen molar-refractivity contribution in [1.29, 1.82) is 0 Å². The molecule has 0 fully saturated rings.